The molecule has 1 aromatic carbocycles. The molecule has 1 unspecified atom stereocenters. The lowest BCUT2D eigenvalue weighted by atomic mass is 9.98. The van der Waals surface area contributed by atoms with Gasteiger partial charge < -0.3 is 10.2 Å². The highest BCUT2D eigenvalue weighted by molar-refractivity contribution is 6.33. The quantitative estimate of drug-likeness (QED) is 0.523. The lowest BCUT2D eigenvalue weighted by molar-refractivity contribution is 0.0609. The van der Waals surface area contributed by atoms with Gasteiger partial charge in [0.1, 0.15) is 0 Å². The molecule has 5 nitrogen and oxygen atoms in total. The predicted molar refractivity (Wildman–Crippen MR) is 125 cm³/mol. The van der Waals surface area contributed by atoms with Gasteiger partial charge in [0.25, 0.3) is 5.91 Å². The van der Waals surface area contributed by atoms with Crippen LogP contribution in [-0.2, 0) is 0 Å². The molecule has 0 bridgehead atoms. The second-order valence-corrected chi connectivity index (χ2v) is 7.94. The summed E-state index contributed by atoms with van der Waals surface area (Å²) in [5, 5.41) is 4.81. The third-order valence-electron chi connectivity index (χ3n) is 5.59. The van der Waals surface area contributed by atoms with Crippen LogP contribution >= 0.6 is 24.0 Å². The van der Waals surface area contributed by atoms with Crippen LogP contribution in [0.5, 0.6) is 0 Å². The molecule has 30 heavy (non-hydrogen) atoms. The molecule has 0 saturated carbocycles. The molecule has 1 fully saturated rings. The van der Waals surface area contributed by atoms with Gasteiger partial charge in [0.05, 0.1) is 22.0 Å². The number of fused-ring (bicyclic) bond motifs is 1. The van der Waals surface area contributed by atoms with Crippen molar-refractivity contribution in [2.45, 2.75) is 45.6 Å². The largest absolute Gasteiger partial charge is 0.353 e. The van der Waals surface area contributed by atoms with Gasteiger partial charge in [-0.2, -0.15) is 0 Å². The molecule has 1 saturated heterocycles. The van der Waals surface area contributed by atoms with Crippen LogP contribution in [0.1, 0.15) is 48.7 Å². The van der Waals surface area contributed by atoms with Gasteiger partial charge in [0.2, 0.25) is 0 Å². The number of benzene rings is 1. The summed E-state index contributed by atoms with van der Waals surface area (Å²) in [5.74, 6) is 0.0149. The number of piperidine rings is 1. The molecule has 7 heteroatoms. The molecular formula is C23H26Cl2N4O. The van der Waals surface area contributed by atoms with E-state index in [9.17, 15) is 4.79 Å². The third kappa shape index (κ3) is 4.37. The molecule has 3 heterocycles. The highest BCUT2D eigenvalue weighted by atomic mass is 35.5. The van der Waals surface area contributed by atoms with E-state index in [2.05, 4.69) is 22.2 Å². The zero-order chi connectivity index (χ0) is 20.4. The second-order valence-electron chi connectivity index (χ2n) is 7.53. The first-order valence-electron chi connectivity index (χ1n) is 10.2. The van der Waals surface area contributed by atoms with Crippen molar-refractivity contribution < 1.29 is 4.79 Å². The first-order chi connectivity index (χ1) is 14.1. The van der Waals surface area contributed by atoms with Crippen molar-refractivity contribution in [2.24, 2.45) is 0 Å². The lowest BCUT2D eigenvalue weighted by Crippen LogP contribution is -2.43. The van der Waals surface area contributed by atoms with Crippen molar-refractivity contribution in [1.29, 1.82) is 0 Å². The molecule has 1 aliphatic rings. The molecule has 158 valence electrons. The normalized spacial score (nSPS) is 16.2. The molecule has 1 N–H and O–H groups in total. The van der Waals surface area contributed by atoms with Crippen molar-refractivity contribution in [3.8, 4) is 0 Å². The highest BCUT2D eigenvalue weighted by Crippen LogP contribution is 2.33. The zero-order valence-electron chi connectivity index (χ0n) is 17.2. The average Bonchev–Trinajstić information content (AvgIpc) is 2.74. The van der Waals surface area contributed by atoms with E-state index in [1.807, 2.05) is 48.2 Å². The van der Waals surface area contributed by atoms with Crippen molar-refractivity contribution in [2.75, 3.05) is 11.9 Å². The molecule has 0 radical (unpaired) electrons. The number of carbonyl (C=O) groups excluding carboxylic acids is 1. The summed E-state index contributed by atoms with van der Waals surface area (Å²) < 4.78 is 0. The van der Waals surface area contributed by atoms with E-state index in [0.717, 1.165) is 42.6 Å². The molecule has 0 aliphatic carbocycles. The minimum atomic E-state index is 0. The fraction of sp³-hybridized carbons (Fsp3) is 0.348. The number of aryl methyl sites for hydroxylation is 1. The van der Waals surface area contributed by atoms with Gasteiger partial charge >= 0.3 is 0 Å². The first kappa shape index (κ1) is 22.3. The van der Waals surface area contributed by atoms with Crippen LogP contribution in [0, 0.1) is 6.92 Å². The second kappa shape index (κ2) is 9.63. The van der Waals surface area contributed by atoms with Gasteiger partial charge in [-0.1, -0.05) is 30.7 Å². The molecule has 4 rings (SSSR count). The first-order valence-corrected chi connectivity index (χ1v) is 10.5. The molecule has 1 aliphatic heterocycles. The molecule has 2 aromatic heterocycles. The number of nitrogens with zero attached hydrogens (tertiary/aromatic N) is 3. The molecule has 1 atom stereocenters. The van der Waals surface area contributed by atoms with Gasteiger partial charge in [0, 0.05) is 29.9 Å². The van der Waals surface area contributed by atoms with Crippen LogP contribution in [0.15, 0.2) is 42.6 Å². The Bertz CT molecular complexity index is 1060. The standard InChI is InChI=1S/C23H25ClN4O.ClH/c1-3-16-8-6-7-13-28(16)23(29)18-14-25-22-17(12-11-15(2)26-22)21(18)27-20-10-5-4-9-19(20)24;/h4-5,9-12,14,16H,3,6-8,13H2,1-2H3,(H,25,26,27);1H. The van der Waals surface area contributed by atoms with Crippen molar-refractivity contribution in [3.63, 3.8) is 0 Å². The Morgan fingerprint density at radius 1 is 1.23 bits per heavy atom. The summed E-state index contributed by atoms with van der Waals surface area (Å²) in [7, 11) is 0. The smallest absolute Gasteiger partial charge is 0.257 e. The summed E-state index contributed by atoms with van der Waals surface area (Å²) in [6.07, 6.45) is 5.87. The maximum atomic E-state index is 13.6. The fourth-order valence-corrected chi connectivity index (χ4v) is 4.20. The van der Waals surface area contributed by atoms with Crippen LogP contribution in [0.2, 0.25) is 5.02 Å². The van der Waals surface area contributed by atoms with Gasteiger partial charge in [-0.3, -0.25) is 4.79 Å². The number of aromatic nitrogens is 2. The molecular weight excluding hydrogens is 419 g/mol. The summed E-state index contributed by atoms with van der Waals surface area (Å²) >= 11 is 6.39. The monoisotopic (exact) mass is 444 g/mol. The van der Waals surface area contributed by atoms with Crippen LogP contribution in [0.25, 0.3) is 11.0 Å². The fourth-order valence-electron chi connectivity index (χ4n) is 4.01. The van der Waals surface area contributed by atoms with Crippen LogP contribution in [-0.4, -0.2) is 33.4 Å². The number of nitrogens with one attached hydrogen (secondary N) is 1. The van der Waals surface area contributed by atoms with Crippen LogP contribution in [0.4, 0.5) is 11.4 Å². The maximum absolute atomic E-state index is 13.6. The van der Waals surface area contributed by atoms with E-state index in [-0.39, 0.29) is 24.4 Å². The molecule has 3 aromatic rings. The van der Waals surface area contributed by atoms with Crippen LogP contribution in [0.3, 0.4) is 0 Å². The Balaban J connectivity index is 0.00000256. The number of likely N-dealkylation sites (tertiary alicyclic amines) is 1. The SMILES string of the molecule is CCC1CCCCN1C(=O)c1cnc2nc(C)ccc2c1Nc1ccccc1Cl.Cl. The van der Waals surface area contributed by atoms with E-state index in [1.165, 1.54) is 6.42 Å². The third-order valence-corrected chi connectivity index (χ3v) is 5.92. The van der Waals surface area contributed by atoms with Gasteiger partial charge in [0.15, 0.2) is 5.65 Å². The Morgan fingerprint density at radius 3 is 2.80 bits per heavy atom. The number of para-hydroxylation sites is 1. The topological polar surface area (TPSA) is 58.1 Å². The average molecular weight is 445 g/mol. The Labute approximate surface area is 188 Å². The molecule has 0 spiro atoms. The maximum Gasteiger partial charge on any atom is 0.257 e. The number of hydrogen-bond donors (Lipinski definition) is 1. The van der Waals surface area contributed by atoms with Crippen molar-refractivity contribution in [1.82, 2.24) is 14.9 Å². The number of amides is 1. The number of hydrogen-bond acceptors (Lipinski definition) is 4. The predicted octanol–water partition coefficient (Wildman–Crippen LogP) is 6.16. The zero-order valence-corrected chi connectivity index (χ0v) is 18.8. The van der Waals surface area contributed by atoms with Crippen molar-refractivity contribution >= 4 is 52.3 Å². The minimum absolute atomic E-state index is 0. The summed E-state index contributed by atoms with van der Waals surface area (Å²) in [6, 6.07) is 11.7. The van der Waals surface area contributed by atoms with E-state index < -0.39 is 0 Å². The Kier molecular flexibility index (Phi) is 7.16. The van der Waals surface area contributed by atoms with Gasteiger partial charge in [-0.15, -0.1) is 12.4 Å². The number of halogens is 2. The van der Waals surface area contributed by atoms with Gasteiger partial charge in [-0.05, 0) is 56.9 Å². The van der Waals surface area contributed by atoms with Gasteiger partial charge in [-0.25, -0.2) is 9.97 Å². The summed E-state index contributed by atoms with van der Waals surface area (Å²) in [6.45, 7) is 4.86. The summed E-state index contributed by atoms with van der Waals surface area (Å²) in [4.78, 5) is 24.6. The van der Waals surface area contributed by atoms with Crippen molar-refractivity contribution in [3.05, 3.63) is 58.9 Å². The number of carbonyl (C=O) groups is 1. The Morgan fingerprint density at radius 2 is 2.03 bits per heavy atom. The number of pyridine rings is 2. The lowest BCUT2D eigenvalue weighted by Gasteiger charge is -2.35. The molecule has 1 amide bonds. The van der Waals surface area contributed by atoms with E-state index in [4.69, 9.17) is 11.6 Å². The highest BCUT2D eigenvalue weighted by Gasteiger charge is 2.29. The van der Waals surface area contributed by atoms with E-state index in [1.54, 1.807) is 6.20 Å². The summed E-state index contributed by atoms with van der Waals surface area (Å²) in [5.41, 5.74) is 3.52. The number of rotatable bonds is 4. The van der Waals surface area contributed by atoms with E-state index >= 15 is 0 Å². The van der Waals surface area contributed by atoms with E-state index in [0.29, 0.717) is 21.9 Å². The minimum Gasteiger partial charge on any atom is -0.353 e. The van der Waals surface area contributed by atoms with Crippen LogP contribution < -0.4 is 5.32 Å². The Hall–Kier alpha value is -2.37. The number of anilines is 2.